The monoisotopic (exact) mass is 317 g/mol. The minimum Gasteiger partial charge on any atom is -0.354 e. The van der Waals surface area contributed by atoms with Gasteiger partial charge < -0.3 is 10.6 Å². The molecular formula is C17H23N3OS. The zero-order chi connectivity index (χ0) is 15.9. The average Bonchev–Trinajstić information content (AvgIpc) is 3.01. The predicted molar refractivity (Wildman–Crippen MR) is 92.2 cm³/mol. The highest BCUT2D eigenvalue weighted by Crippen LogP contribution is 2.24. The van der Waals surface area contributed by atoms with Crippen LogP contribution in [0.25, 0.3) is 10.6 Å². The first-order valence-corrected chi connectivity index (χ1v) is 8.48. The van der Waals surface area contributed by atoms with Crippen molar-refractivity contribution in [1.29, 1.82) is 0 Å². The molecule has 118 valence electrons. The van der Waals surface area contributed by atoms with Gasteiger partial charge in [0.25, 0.3) is 0 Å². The molecule has 2 aromatic rings. The highest BCUT2D eigenvalue weighted by Gasteiger charge is 2.09. The third-order valence-electron chi connectivity index (χ3n) is 3.60. The number of benzene rings is 1. The van der Waals surface area contributed by atoms with Crippen LogP contribution in [0.15, 0.2) is 29.6 Å². The molecule has 1 aromatic carbocycles. The van der Waals surface area contributed by atoms with Gasteiger partial charge in [0.2, 0.25) is 5.91 Å². The topological polar surface area (TPSA) is 54.0 Å². The highest BCUT2D eigenvalue weighted by atomic mass is 32.1. The molecule has 1 aromatic heterocycles. The summed E-state index contributed by atoms with van der Waals surface area (Å²) in [5.74, 6) is 0.0141. The molecular weight excluding hydrogens is 294 g/mol. The van der Waals surface area contributed by atoms with Gasteiger partial charge in [0, 0.05) is 23.5 Å². The summed E-state index contributed by atoms with van der Waals surface area (Å²) >= 11 is 1.58. The van der Waals surface area contributed by atoms with Crippen LogP contribution in [0.4, 0.5) is 0 Å². The molecule has 0 aliphatic carbocycles. The van der Waals surface area contributed by atoms with E-state index in [0.29, 0.717) is 13.0 Å². The maximum Gasteiger partial charge on any atom is 0.226 e. The van der Waals surface area contributed by atoms with Gasteiger partial charge in [-0.1, -0.05) is 31.2 Å². The number of aryl methyl sites for hydroxylation is 1. The van der Waals surface area contributed by atoms with Crippen LogP contribution in [-0.4, -0.2) is 30.5 Å². The molecule has 4 nitrogen and oxygen atoms in total. The Morgan fingerprint density at radius 1 is 1.32 bits per heavy atom. The van der Waals surface area contributed by atoms with E-state index in [4.69, 9.17) is 0 Å². The van der Waals surface area contributed by atoms with Crippen molar-refractivity contribution < 1.29 is 4.79 Å². The van der Waals surface area contributed by atoms with Crippen molar-refractivity contribution in [1.82, 2.24) is 15.6 Å². The lowest BCUT2D eigenvalue weighted by molar-refractivity contribution is -0.120. The maximum absolute atomic E-state index is 11.9. The number of hydrogen-bond acceptors (Lipinski definition) is 4. The molecule has 0 aliphatic rings. The van der Waals surface area contributed by atoms with E-state index in [2.05, 4.69) is 46.8 Å². The summed E-state index contributed by atoms with van der Waals surface area (Å²) in [6.45, 7) is 4.80. The molecule has 0 spiro atoms. The van der Waals surface area contributed by atoms with E-state index in [0.717, 1.165) is 22.7 Å². The number of aromatic nitrogens is 1. The van der Waals surface area contributed by atoms with E-state index in [-0.39, 0.29) is 11.9 Å². The Morgan fingerprint density at radius 2 is 2.05 bits per heavy atom. The summed E-state index contributed by atoms with van der Waals surface area (Å²) in [4.78, 5) is 16.5. The zero-order valence-corrected chi connectivity index (χ0v) is 14.2. The first-order valence-electron chi connectivity index (χ1n) is 7.60. The standard InChI is InChI=1S/C17H23N3OS/c1-4-13-5-7-14(8-6-13)17-20-15(11-22-17)9-16(21)19-10-12(2)18-3/h5-8,11-12,18H,4,9-10H2,1-3H3,(H,19,21). The predicted octanol–water partition coefficient (Wildman–Crippen LogP) is 2.64. The van der Waals surface area contributed by atoms with Gasteiger partial charge in [0.05, 0.1) is 12.1 Å². The van der Waals surface area contributed by atoms with E-state index in [1.807, 2.05) is 19.4 Å². The van der Waals surface area contributed by atoms with Gasteiger partial charge in [0.15, 0.2) is 0 Å². The number of thiazole rings is 1. The van der Waals surface area contributed by atoms with Gasteiger partial charge in [-0.15, -0.1) is 11.3 Å². The molecule has 5 heteroatoms. The largest absolute Gasteiger partial charge is 0.354 e. The number of hydrogen-bond donors (Lipinski definition) is 2. The van der Waals surface area contributed by atoms with Crippen LogP contribution in [0.5, 0.6) is 0 Å². The first-order chi connectivity index (χ1) is 10.6. The summed E-state index contributed by atoms with van der Waals surface area (Å²) in [5, 5.41) is 8.93. The molecule has 0 saturated carbocycles. The first kappa shape index (κ1) is 16.6. The number of likely N-dealkylation sites (N-methyl/N-ethyl adjacent to an activating group) is 1. The highest BCUT2D eigenvalue weighted by molar-refractivity contribution is 7.13. The number of nitrogens with one attached hydrogen (secondary N) is 2. The minimum atomic E-state index is 0.0141. The summed E-state index contributed by atoms with van der Waals surface area (Å²) in [5.41, 5.74) is 3.26. The van der Waals surface area contributed by atoms with Crippen molar-refractivity contribution in [3.05, 3.63) is 40.9 Å². The van der Waals surface area contributed by atoms with Crippen molar-refractivity contribution in [2.75, 3.05) is 13.6 Å². The van der Waals surface area contributed by atoms with Gasteiger partial charge in [-0.05, 0) is 26.0 Å². The minimum absolute atomic E-state index is 0.0141. The molecule has 1 unspecified atom stereocenters. The lowest BCUT2D eigenvalue weighted by Gasteiger charge is -2.10. The fourth-order valence-corrected chi connectivity index (χ4v) is 2.83. The Balaban J connectivity index is 1.94. The van der Waals surface area contributed by atoms with E-state index < -0.39 is 0 Å². The van der Waals surface area contributed by atoms with Crippen LogP contribution in [-0.2, 0) is 17.6 Å². The molecule has 0 saturated heterocycles. The zero-order valence-electron chi connectivity index (χ0n) is 13.3. The molecule has 0 aliphatic heterocycles. The van der Waals surface area contributed by atoms with Gasteiger partial charge in [-0.2, -0.15) is 0 Å². The lowest BCUT2D eigenvalue weighted by atomic mass is 10.1. The number of rotatable bonds is 7. The number of amides is 1. The van der Waals surface area contributed by atoms with Crippen LogP contribution >= 0.6 is 11.3 Å². The van der Waals surface area contributed by atoms with E-state index >= 15 is 0 Å². The van der Waals surface area contributed by atoms with Crippen LogP contribution in [0.1, 0.15) is 25.1 Å². The molecule has 2 rings (SSSR count). The van der Waals surface area contributed by atoms with Crippen LogP contribution < -0.4 is 10.6 Å². The van der Waals surface area contributed by atoms with Gasteiger partial charge in [0.1, 0.15) is 5.01 Å². The third-order valence-corrected chi connectivity index (χ3v) is 4.54. The normalized spacial score (nSPS) is 12.1. The summed E-state index contributed by atoms with van der Waals surface area (Å²) in [6, 6.07) is 8.71. The van der Waals surface area contributed by atoms with E-state index in [9.17, 15) is 4.79 Å². The second-order valence-corrected chi connectivity index (χ2v) is 6.22. The van der Waals surface area contributed by atoms with E-state index in [1.54, 1.807) is 11.3 Å². The molecule has 1 atom stereocenters. The third kappa shape index (κ3) is 4.64. The quantitative estimate of drug-likeness (QED) is 0.825. The Hall–Kier alpha value is -1.72. The Morgan fingerprint density at radius 3 is 2.68 bits per heavy atom. The van der Waals surface area contributed by atoms with E-state index in [1.165, 1.54) is 5.56 Å². The van der Waals surface area contributed by atoms with Gasteiger partial charge >= 0.3 is 0 Å². The van der Waals surface area contributed by atoms with Crippen LogP contribution in [0.3, 0.4) is 0 Å². The smallest absolute Gasteiger partial charge is 0.226 e. The van der Waals surface area contributed by atoms with Crippen LogP contribution in [0.2, 0.25) is 0 Å². The van der Waals surface area contributed by atoms with Crippen molar-refractivity contribution >= 4 is 17.2 Å². The number of carbonyl (C=O) groups excluding carboxylic acids is 1. The van der Waals surface area contributed by atoms with Crippen molar-refractivity contribution in [2.45, 2.75) is 32.7 Å². The van der Waals surface area contributed by atoms with Crippen molar-refractivity contribution in [2.24, 2.45) is 0 Å². The molecule has 22 heavy (non-hydrogen) atoms. The summed E-state index contributed by atoms with van der Waals surface area (Å²) in [6.07, 6.45) is 1.37. The fourth-order valence-electron chi connectivity index (χ4n) is 2.00. The summed E-state index contributed by atoms with van der Waals surface area (Å²) < 4.78 is 0. The second-order valence-electron chi connectivity index (χ2n) is 5.37. The Kier molecular flexibility index (Phi) is 6.10. The average molecular weight is 317 g/mol. The molecule has 0 radical (unpaired) electrons. The molecule has 1 amide bonds. The number of carbonyl (C=O) groups is 1. The number of nitrogens with zero attached hydrogens (tertiary/aromatic N) is 1. The molecule has 0 bridgehead atoms. The fraction of sp³-hybridized carbons (Fsp3) is 0.412. The molecule has 2 N–H and O–H groups in total. The van der Waals surface area contributed by atoms with Gasteiger partial charge in [-0.3, -0.25) is 4.79 Å². The molecule has 0 fully saturated rings. The van der Waals surface area contributed by atoms with Crippen molar-refractivity contribution in [3.63, 3.8) is 0 Å². The molecule has 1 heterocycles. The summed E-state index contributed by atoms with van der Waals surface area (Å²) in [7, 11) is 1.88. The van der Waals surface area contributed by atoms with Crippen molar-refractivity contribution in [3.8, 4) is 10.6 Å². The SMILES string of the molecule is CCc1ccc(-c2nc(CC(=O)NCC(C)NC)cs2)cc1. The lowest BCUT2D eigenvalue weighted by Crippen LogP contribution is -2.37. The Labute approximate surface area is 136 Å². The second kappa shape index (κ2) is 8.06. The Bertz CT molecular complexity index is 607. The van der Waals surface area contributed by atoms with Gasteiger partial charge in [-0.25, -0.2) is 4.98 Å². The maximum atomic E-state index is 11.9. The van der Waals surface area contributed by atoms with Crippen LogP contribution in [0, 0.1) is 0 Å².